The number of rotatable bonds is 6. The topological polar surface area (TPSA) is 102 Å². The predicted molar refractivity (Wildman–Crippen MR) is 115 cm³/mol. The maximum absolute atomic E-state index is 13.1. The third kappa shape index (κ3) is 5.10. The van der Waals surface area contributed by atoms with Crippen molar-refractivity contribution in [2.45, 2.75) is 31.5 Å². The molecule has 0 saturated carbocycles. The number of halogens is 3. The van der Waals surface area contributed by atoms with E-state index >= 15 is 0 Å². The summed E-state index contributed by atoms with van der Waals surface area (Å²) in [4.78, 5) is 26.6. The van der Waals surface area contributed by atoms with Gasteiger partial charge in [-0.1, -0.05) is 30.3 Å². The van der Waals surface area contributed by atoms with Gasteiger partial charge in [0.15, 0.2) is 5.65 Å². The zero-order chi connectivity index (χ0) is 24.3. The van der Waals surface area contributed by atoms with Gasteiger partial charge in [0.1, 0.15) is 5.82 Å². The minimum atomic E-state index is -4.67. The fourth-order valence-corrected chi connectivity index (χ4v) is 3.97. The molecule has 0 bridgehead atoms. The molecule has 9 nitrogen and oxygen atoms in total. The average Bonchev–Trinajstić information content (AvgIpc) is 3.28. The van der Waals surface area contributed by atoms with Crippen molar-refractivity contribution in [2.24, 2.45) is 5.92 Å². The second-order valence-corrected chi connectivity index (χ2v) is 8.00. The summed E-state index contributed by atoms with van der Waals surface area (Å²) in [7, 11) is 1.30. The van der Waals surface area contributed by atoms with Crippen LogP contribution >= 0.6 is 0 Å². The SMILES string of the molecule is COC(=O)C[C@H](NC(=O)C1CCN(c2ccc3nnc(C(F)(F)F)n3n2)CC1)c1ccccc1. The van der Waals surface area contributed by atoms with Crippen molar-refractivity contribution in [3.05, 3.63) is 53.9 Å². The standard InChI is InChI=1S/C22H23F3N6O3/c1-34-19(32)13-16(14-5-3-2-4-6-14)26-20(33)15-9-11-30(12-10-15)18-8-7-17-27-28-21(22(23,24)25)31(17)29-18/h2-8,15-16H,9-13H2,1H3,(H,26,33)/t16-/m0/s1. The van der Waals surface area contributed by atoms with Crippen LogP contribution in [0, 0.1) is 5.92 Å². The Labute approximate surface area is 192 Å². The number of methoxy groups -OCH3 is 1. The van der Waals surface area contributed by atoms with Crippen molar-refractivity contribution < 1.29 is 27.5 Å². The maximum Gasteiger partial charge on any atom is 0.453 e. The first-order valence-corrected chi connectivity index (χ1v) is 10.7. The molecule has 1 N–H and O–H groups in total. The molecule has 3 heterocycles. The summed E-state index contributed by atoms with van der Waals surface area (Å²) in [6, 6.07) is 11.7. The quantitative estimate of drug-likeness (QED) is 0.546. The van der Waals surface area contributed by atoms with E-state index in [-0.39, 0.29) is 23.9 Å². The number of aromatic nitrogens is 4. The lowest BCUT2D eigenvalue weighted by Crippen LogP contribution is -2.42. The Hall–Kier alpha value is -3.70. The molecule has 180 valence electrons. The lowest BCUT2D eigenvalue weighted by Gasteiger charge is -2.32. The molecule has 0 spiro atoms. The van der Waals surface area contributed by atoms with Gasteiger partial charge in [-0.05, 0) is 30.5 Å². The molecule has 0 aliphatic carbocycles. The molecule has 2 aromatic heterocycles. The second kappa shape index (κ2) is 9.65. The van der Waals surface area contributed by atoms with E-state index in [2.05, 4.69) is 20.6 Å². The molecule has 1 atom stereocenters. The number of carbonyl (C=O) groups is 2. The average molecular weight is 476 g/mol. The van der Waals surface area contributed by atoms with Gasteiger partial charge in [0.25, 0.3) is 5.82 Å². The van der Waals surface area contributed by atoms with E-state index in [0.29, 0.717) is 36.3 Å². The summed E-state index contributed by atoms with van der Waals surface area (Å²) in [5.41, 5.74) is 0.800. The molecule has 3 aromatic rings. The number of carbonyl (C=O) groups excluding carboxylic acids is 2. The highest BCUT2D eigenvalue weighted by Crippen LogP contribution is 2.29. The highest BCUT2D eigenvalue weighted by Gasteiger charge is 2.38. The lowest BCUT2D eigenvalue weighted by molar-refractivity contribution is -0.146. The maximum atomic E-state index is 13.1. The summed E-state index contributed by atoms with van der Waals surface area (Å²) in [6.07, 6.45) is -3.69. The van der Waals surface area contributed by atoms with Crippen molar-refractivity contribution in [3.8, 4) is 0 Å². The molecule has 1 aliphatic rings. The van der Waals surface area contributed by atoms with Gasteiger partial charge in [0, 0.05) is 19.0 Å². The predicted octanol–water partition coefficient (Wildman–Crippen LogP) is 2.78. The number of alkyl halides is 3. The summed E-state index contributed by atoms with van der Waals surface area (Å²) in [5.74, 6) is -1.75. The largest absolute Gasteiger partial charge is 0.469 e. The minimum absolute atomic E-state index is 0.00268. The fourth-order valence-electron chi connectivity index (χ4n) is 3.97. The fraction of sp³-hybridized carbons (Fsp3) is 0.409. The van der Waals surface area contributed by atoms with Crippen LogP contribution in [0.4, 0.5) is 19.0 Å². The minimum Gasteiger partial charge on any atom is -0.469 e. The first-order chi connectivity index (χ1) is 16.3. The number of benzene rings is 1. The van der Waals surface area contributed by atoms with E-state index in [4.69, 9.17) is 4.74 Å². The van der Waals surface area contributed by atoms with Crippen molar-refractivity contribution >= 4 is 23.3 Å². The van der Waals surface area contributed by atoms with Gasteiger partial charge in [-0.25, -0.2) is 0 Å². The lowest BCUT2D eigenvalue weighted by atomic mass is 9.94. The number of amides is 1. The van der Waals surface area contributed by atoms with E-state index in [0.717, 1.165) is 5.56 Å². The molecule has 0 radical (unpaired) electrons. The van der Waals surface area contributed by atoms with Crippen LogP contribution in [0.25, 0.3) is 5.65 Å². The molecule has 4 rings (SSSR count). The number of hydrogen-bond acceptors (Lipinski definition) is 7. The van der Waals surface area contributed by atoms with Crippen LogP contribution in [-0.2, 0) is 20.5 Å². The summed E-state index contributed by atoms with van der Waals surface area (Å²) >= 11 is 0. The normalized spacial score (nSPS) is 15.8. The van der Waals surface area contributed by atoms with Crippen LogP contribution in [0.5, 0.6) is 0 Å². The van der Waals surface area contributed by atoms with E-state index in [9.17, 15) is 22.8 Å². The van der Waals surface area contributed by atoms with Gasteiger partial charge in [0.2, 0.25) is 5.91 Å². The monoisotopic (exact) mass is 476 g/mol. The number of esters is 1. The molecule has 1 saturated heterocycles. The summed E-state index contributed by atoms with van der Waals surface area (Å²) in [5, 5.41) is 13.7. The van der Waals surface area contributed by atoms with Crippen molar-refractivity contribution in [1.29, 1.82) is 0 Å². The zero-order valence-electron chi connectivity index (χ0n) is 18.3. The first-order valence-electron chi connectivity index (χ1n) is 10.7. The molecule has 1 aromatic carbocycles. The van der Waals surface area contributed by atoms with E-state index < -0.39 is 24.0 Å². The van der Waals surface area contributed by atoms with E-state index in [1.54, 1.807) is 6.07 Å². The Morgan fingerprint density at radius 1 is 1.12 bits per heavy atom. The first kappa shape index (κ1) is 23.5. The molecule has 1 amide bonds. The molecule has 1 fully saturated rings. The van der Waals surface area contributed by atoms with E-state index in [1.165, 1.54) is 13.2 Å². The van der Waals surface area contributed by atoms with Gasteiger partial charge >= 0.3 is 12.1 Å². The van der Waals surface area contributed by atoms with Crippen LogP contribution in [-0.4, -0.2) is 51.9 Å². The zero-order valence-corrected chi connectivity index (χ0v) is 18.3. The van der Waals surface area contributed by atoms with Crippen LogP contribution in [0.3, 0.4) is 0 Å². The van der Waals surface area contributed by atoms with Crippen LogP contribution in [0.2, 0.25) is 0 Å². The molecule has 34 heavy (non-hydrogen) atoms. The van der Waals surface area contributed by atoms with E-state index in [1.807, 2.05) is 35.2 Å². The number of fused-ring (bicyclic) bond motifs is 1. The Bertz CT molecular complexity index is 1160. The second-order valence-electron chi connectivity index (χ2n) is 8.00. The number of hydrogen-bond donors (Lipinski definition) is 1. The Balaban J connectivity index is 1.42. The number of nitrogens with one attached hydrogen (secondary N) is 1. The van der Waals surface area contributed by atoms with Crippen LogP contribution < -0.4 is 10.2 Å². The number of anilines is 1. The van der Waals surface area contributed by atoms with Crippen molar-refractivity contribution in [1.82, 2.24) is 25.1 Å². The van der Waals surface area contributed by atoms with Crippen LogP contribution in [0.15, 0.2) is 42.5 Å². The Kier molecular flexibility index (Phi) is 6.66. The van der Waals surface area contributed by atoms with Gasteiger partial charge in [-0.3, -0.25) is 9.59 Å². The van der Waals surface area contributed by atoms with Gasteiger partial charge in [0.05, 0.1) is 19.6 Å². The smallest absolute Gasteiger partial charge is 0.453 e. The van der Waals surface area contributed by atoms with Gasteiger partial charge in [-0.2, -0.15) is 17.7 Å². The molecule has 0 unspecified atom stereocenters. The highest BCUT2D eigenvalue weighted by atomic mass is 19.4. The summed E-state index contributed by atoms with van der Waals surface area (Å²) in [6.45, 7) is 0.875. The summed E-state index contributed by atoms with van der Waals surface area (Å²) < 4.78 is 44.9. The molecule has 1 aliphatic heterocycles. The van der Waals surface area contributed by atoms with Gasteiger partial charge < -0.3 is 15.0 Å². The highest BCUT2D eigenvalue weighted by molar-refractivity contribution is 5.80. The molecular formula is C22H23F3N6O3. The third-order valence-corrected chi connectivity index (χ3v) is 5.81. The molecular weight excluding hydrogens is 453 g/mol. The van der Waals surface area contributed by atoms with Crippen molar-refractivity contribution in [3.63, 3.8) is 0 Å². The molecule has 12 heteroatoms. The van der Waals surface area contributed by atoms with Crippen LogP contribution in [0.1, 0.15) is 36.7 Å². The third-order valence-electron chi connectivity index (χ3n) is 5.81. The number of ether oxygens (including phenoxy) is 1. The Morgan fingerprint density at radius 3 is 2.47 bits per heavy atom. The Morgan fingerprint density at radius 2 is 1.82 bits per heavy atom. The number of piperidine rings is 1. The van der Waals surface area contributed by atoms with Crippen molar-refractivity contribution in [2.75, 3.05) is 25.1 Å². The number of nitrogens with zero attached hydrogens (tertiary/aromatic N) is 5. The van der Waals surface area contributed by atoms with Gasteiger partial charge in [-0.15, -0.1) is 15.3 Å².